The van der Waals surface area contributed by atoms with Crippen LogP contribution in [0.25, 0.3) is 22.0 Å². The minimum absolute atomic E-state index is 0.00147. The fraction of sp³-hybridized carbons (Fsp3) is 0.457. The second-order valence-corrected chi connectivity index (χ2v) is 18.8. The Morgan fingerprint density at radius 1 is 1.11 bits per heavy atom. The molecule has 9 nitrogen and oxygen atoms in total. The molecule has 11 heteroatoms. The molecule has 0 bridgehead atoms. The number of pyridine rings is 1. The molecule has 2 amide bonds. The molecule has 3 N–H and O–H groups in total. The Morgan fingerprint density at radius 3 is 2.43 bits per heavy atom. The summed E-state index contributed by atoms with van der Waals surface area (Å²) >= 11 is 0. The molecule has 2 saturated heterocycles. The van der Waals surface area contributed by atoms with E-state index in [1.54, 1.807) is 11.0 Å². The van der Waals surface area contributed by atoms with Crippen molar-refractivity contribution in [2.75, 3.05) is 32.7 Å². The summed E-state index contributed by atoms with van der Waals surface area (Å²) in [6.45, 7) is 14.1. The highest BCUT2D eigenvalue weighted by atomic mass is 28.3. The number of methoxy groups -OCH3 is 1. The van der Waals surface area contributed by atoms with Crippen LogP contribution in [-0.4, -0.2) is 79.0 Å². The maximum atomic E-state index is 16.3. The van der Waals surface area contributed by atoms with Crippen molar-refractivity contribution >= 4 is 36.5 Å². The van der Waals surface area contributed by atoms with Crippen molar-refractivity contribution in [3.63, 3.8) is 0 Å². The summed E-state index contributed by atoms with van der Waals surface area (Å²) in [4.78, 5) is 32.4. The Bertz CT molecular complexity index is 1710. The highest BCUT2D eigenvalue weighted by molar-refractivity contribution is 6.90. The van der Waals surface area contributed by atoms with Gasteiger partial charge in [-0.1, -0.05) is 59.6 Å². The van der Waals surface area contributed by atoms with Crippen molar-refractivity contribution in [2.24, 2.45) is 0 Å². The number of amides is 2. The number of nitrogens with zero attached hydrogens (tertiary/aromatic N) is 3. The van der Waals surface area contributed by atoms with E-state index in [4.69, 9.17) is 15.2 Å². The van der Waals surface area contributed by atoms with Crippen LogP contribution < -0.4 is 10.5 Å². The first kappa shape index (κ1) is 33.2. The Balaban J connectivity index is 1.62. The number of ether oxygens (including phenoxy) is 2. The van der Waals surface area contributed by atoms with E-state index >= 15 is 4.39 Å². The average Bonchev–Trinajstić information content (AvgIpc) is 3.32. The summed E-state index contributed by atoms with van der Waals surface area (Å²) < 4.78 is 27.2. The van der Waals surface area contributed by atoms with Gasteiger partial charge in [0, 0.05) is 42.9 Å². The SMILES string of the molecule is COCOc1cc(-c2ncc(C(=O)N3C[C@@H]4[C@H]3CCN4C(=O)O)c(N)c2F)c2c(C#C[Si](C(C)C)(C(C)C)C(C)C)cccc2c1. The highest BCUT2D eigenvalue weighted by Crippen LogP contribution is 2.42. The zero-order chi connectivity index (χ0) is 33.5. The molecular weight excluding hydrogens is 603 g/mol. The van der Waals surface area contributed by atoms with Gasteiger partial charge in [0.1, 0.15) is 19.5 Å². The highest BCUT2D eigenvalue weighted by Gasteiger charge is 2.51. The first-order chi connectivity index (χ1) is 21.8. The van der Waals surface area contributed by atoms with Crippen LogP contribution >= 0.6 is 0 Å². The monoisotopic (exact) mass is 646 g/mol. The summed E-state index contributed by atoms with van der Waals surface area (Å²) in [5, 5.41) is 10.9. The van der Waals surface area contributed by atoms with E-state index in [1.807, 2.05) is 24.3 Å². The fourth-order valence-electron chi connectivity index (χ4n) is 7.62. The third-order valence-electron chi connectivity index (χ3n) is 9.92. The molecule has 2 aliphatic heterocycles. The number of carbonyl (C=O) groups is 2. The van der Waals surface area contributed by atoms with Gasteiger partial charge in [-0.25, -0.2) is 9.18 Å². The van der Waals surface area contributed by atoms with Gasteiger partial charge in [0.15, 0.2) is 12.6 Å². The zero-order valence-electron chi connectivity index (χ0n) is 27.6. The summed E-state index contributed by atoms with van der Waals surface area (Å²) in [6, 6.07) is 8.83. The van der Waals surface area contributed by atoms with Crippen LogP contribution in [0, 0.1) is 17.3 Å². The number of halogens is 1. The topological polar surface area (TPSA) is 118 Å². The lowest BCUT2D eigenvalue weighted by Gasteiger charge is -2.46. The van der Waals surface area contributed by atoms with E-state index in [2.05, 4.69) is 58.0 Å². The Labute approximate surface area is 270 Å². The number of anilines is 1. The molecule has 244 valence electrons. The largest absolute Gasteiger partial charge is 0.468 e. The molecule has 3 aromatic rings. The molecular formula is C35H43FN4O5Si. The van der Waals surface area contributed by atoms with E-state index in [1.165, 1.54) is 18.2 Å². The predicted octanol–water partition coefficient (Wildman–Crippen LogP) is 6.75. The molecule has 2 fully saturated rings. The lowest BCUT2D eigenvalue weighted by molar-refractivity contribution is 0.0208. The van der Waals surface area contributed by atoms with Gasteiger partial charge in [-0.3, -0.25) is 9.78 Å². The smallest absolute Gasteiger partial charge is 0.407 e. The second kappa shape index (κ2) is 12.9. The molecule has 1 aromatic heterocycles. The van der Waals surface area contributed by atoms with Crippen molar-refractivity contribution in [1.82, 2.24) is 14.8 Å². The van der Waals surface area contributed by atoms with E-state index in [9.17, 15) is 14.7 Å². The Kier molecular flexibility index (Phi) is 9.34. The molecule has 0 saturated carbocycles. The first-order valence-electron chi connectivity index (χ1n) is 15.8. The van der Waals surface area contributed by atoms with Gasteiger partial charge >= 0.3 is 6.09 Å². The lowest BCUT2D eigenvalue weighted by atomic mass is 9.94. The maximum absolute atomic E-state index is 16.3. The van der Waals surface area contributed by atoms with Crippen molar-refractivity contribution in [1.29, 1.82) is 0 Å². The van der Waals surface area contributed by atoms with Gasteiger partial charge in [-0.15, -0.1) is 5.54 Å². The quantitative estimate of drug-likeness (QED) is 0.158. The molecule has 5 rings (SSSR count). The molecule has 2 atom stereocenters. The van der Waals surface area contributed by atoms with Crippen molar-refractivity contribution in [3.8, 4) is 28.5 Å². The Morgan fingerprint density at radius 2 is 1.80 bits per heavy atom. The number of aromatic nitrogens is 1. The van der Waals surface area contributed by atoms with Crippen LogP contribution in [-0.2, 0) is 4.74 Å². The van der Waals surface area contributed by atoms with Gasteiger partial charge in [0.2, 0.25) is 0 Å². The number of carbonyl (C=O) groups excluding carboxylic acids is 1. The van der Waals surface area contributed by atoms with E-state index < -0.39 is 25.9 Å². The molecule has 2 aliphatic rings. The van der Waals surface area contributed by atoms with E-state index in [-0.39, 0.29) is 42.4 Å². The molecule has 3 heterocycles. The number of carboxylic acid groups (broad SMARTS) is 1. The van der Waals surface area contributed by atoms with Crippen LogP contribution in [0.5, 0.6) is 5.75 Å². The molecule has 0 spiro atoms. The number of nitrogens with two attached hydrogens (primary N) is 1. The van der Waals surface area contributed by atoms with Crippen LogP contribution in [0.2, 0.25) is 16.6 Å². The van der Waals surface area contributed by atoms with Crippen molar-refractivity contribution in [2.45, 2.75) is 76.7 Å². The summed E-state index contributed by atoms with van der Waals surface area (Å²) in [5.41, 5.74) is 12.2. The average molecular weight is 647 g/mol. The van der Waals surface area contributed by atoms with Gasteiger partial charge in [-0.2, -0.15) is 0 Å². The van der Waals surface area contributed by atoms with E-state index in [0.717, 1.165) is 10.9 Å². The number of hydrogen-bond donors (Lipinski definition) is 2. The molecule has 0 aliphatic carbocycles. The lowest BCUT2D eigenvalue weighted by Crippen LogP contribution is -2.64. The molecule has 0 unspecified atom stereocenters. The van der Waals surface area contributed by atoms with Gasteiger partial charge in [0.05, 0.1) is 23.3 Å². The van der Waals surface area contributed by atoms with Crippen LogP contribution in [0.1, 0.15) is 63.9 Å². The predicted molar refractivity (Wildman–Crippen MR) is 180 cm³/mol. The van der Waals surface area contributed by atoms with Gasteiger partial charge in [0.25, 0.3) is 5.91 Å². The van der Waals surface area contributed by atoms with Crippen LogP contribution in [0.3, 0.4) is 0 Å². The van der Waals surface area contributed by atoms with Crippen LogP contribution in [0.15, 0.2) is 36.5 Å². The minimum Gasteiger partial charge on any atom is -0.468 e. The van der Waals surface area contributed by atoms with E-state index in [0.29, 0.717) is 46.3 Å². The van der Waals surface area contributed by atoms with Gasteiger partial charge in [-0.05, 0) is 46.6 Å². The first-order valence-corrected chi connectivity index (χ1v) is 18.0. The number of hydrogen-bond acceptors (Lipinski definition) is 6. The second-order valence-electron chi connectivity index (χ2n) is 13.2. The molecule has 46 heavy (non-hydrogen) atoms. The van der Waals surface area contributed by atoms with Crippen LogP contribution in [0.4, 0.5) is 14.9 Å². The summed E-state index contributed by atoms with van der Waals surface area (Å²) in [7, 11) is -0.561. The maximum Gasteiger partial charge on any atom is 0.407 e. The number of rotatable bonds is 8. The minimum atomic E-state index is -2.08. The fourth-order valence-corrected chi connectivity index (χ4v) is 12.8. The third kappa shape index (κ3) is 5.58. The van der Waals surface area contributed by atoms with Crippen molar-refractivity contribution in [3.05, 3.63) is 53.5 Å². The standard InChI is InChI=1S/C35H43FN4O5Si/c1-20(2)46(21(3)4,22(5)6)14-12-23-9-8-10-24-15-25(45-19-44-7)16-26(30(23)24)33-31(36)32(37)27(17-38-33)34(41)40-18-29-28(40)11-13-39(29)35(42)43/h8-10,15-17,20-22,28-29H,11,13,18-19H2,1-7H3,(H2,37,38)(H,42,43)/t28-,29-/m1/s1. The number of likely N-dealkylation sites (tertiary alicyclic amines) is 2. The summed E-state index contributed by atoms with van der Waals surface area (Å²) in [5.74, 6) is 2.71. The Hall–Kier alpha value is -4.14. The van der Waals surface area contributed by atoms with Gasteiger partial charge < -0.3 is 30.1 Å². The number of benzene rings is 2. The third-order valence-corrected chi connectivity index (χ3v) is 16.2. The molecule has 0 radical (unpaired) electrons. The zero-order valence-corrected chi connectivity index (χ0v) is 28.6. The van der Waals surface area contributed by atoms with Crippen molar-refractivity contribution < 1.29 is 28.6 Å². The molecule has 2 aromatic carbocycles. The number of fused-ring (bicyclic) bond motifs is 2. The number of nitrogen functional groups attached to an aromatic ring is 1. The normalized spacial score (nSPS) is 17.7. The summed E-state index contributed by atoms with van der Waals surface area (Å²) in [6.07, 6.45) is 0.828.